The first-order chi connectivity index (χ1) is 10.3. The second-order valence-corrected chi connectivity index (χ2v) is 6.99. The van der Waals surface area contributed by atoms with E-state index >= 15 is 0 Å². The zero-order valence-corrected chi connectivity index (χ0v) is 13.0. The van der Waals surface area contributed by atoms with Crippen molar-refractivity contribution in [2.75, 3.05) is 7.05 Å². The van der Waals surface area contributed by atoms with Crippen molar-refractivity contribution < 1.29 is 4.52 Å². The van der Waals surface area contributed by atoms with E-state index in [9.17, 15) is 0 Å². The van der Waals surface area contributed by atoms with E-state index in [2.05, 4.69) is 27.4 Å². The van der Waals surface area contributed by atoms with Crippen molar-refractivity contribution in [1.29, 1.82) is 0 Å². The highest BCUT2D eigenvalue weighted by molar-refractivity contribution is 7.08. The number of aromatic nitrogens is 2. The second kappa shape index (κ2) is 5.51. The highest BCUT2D eigenvalue weighted by Gasteiger charge is 2.35. The van der Waals surface area contributed by atoms with E-state index < -0.39 is 0 Å². The topological polar surface area (TPSA) is 54.2 Å². The Labute approximate surface area is 128 Å². The summed E-state index contributed by atoms with van der Waals surface area (Å²) in [6.07, 6.45) is 5.14. The molecule has 2 unspecified atom stereocenters. The molecule has 2 aliphatic rings. The Balaban J connectivity index is 1.41. The van der Waals surface area contributed by atoms with E-state index in [0.29, 0.717) is 24.0 Å². The van der Waals surface area contributed by atoms with Crippen LogP contribution in [0.3, 0.4) is 0 Å². The van der Waals surface area contributed by atoms with Gasteiger partial charge in [-0.05, 0) is 44.2 Å². The highest BCUT2D eigenvalue weighted by Crippen LogP contribution is 2.29. The SMILES string of the molecule is CN(Cc1noc(-c2ccsc2)n1)C1CC2CCC(C1)N2. The van der Waals surface area contributed by atoms with E-state index in [1.807, 2.05) is 16.8 Å². The Morgan fingerprint density at radius 1 is 1.38 bits per heavy atom. The normalized spacial score (nSPS) is 28.4. The van der Waals surface area contributed by atoms with Crippen LogP contribution in [0, 0.1) is 0 Å². The summed E-state index contributed by atoms with van der Waals surface area (Å²) in [5.41, 5.74) is 1.02. The Kier molecular flexibility index (Phi) is 3.52. The average Bonchev–Trinajstić information content (AvgIpc) is 3.20. The number of rotatable bonds is 4. The van der Waals surface area contributed by atoms with Crippen LogP contribution in [0.25, 0.3) is 11.5 Å². The van der Waals surface area contributed by atoms with Gasteiger partial charge in [-0.1, -0.05) is 5.16 Å². The van der Waals surface area contributed by atoms with E-state index in [1.54, 1.807) is 11.3 Å². The molecule has 2 fully saturated rings. The number of nitrogens with zero attached hydrogens (tertiary/aromatic N) is 3. The van der Waals surface area contributed by atoms with Gasteiger partial charge >= 0.3 is 0 Å². The van der Waals surface area contributed by atoms with Crippen molar-refractivity contribution in [3.63, 3.8) is 0 Å². The number of hydrogen-bond donors (Lipinski definition) is 1. The molecule has 2 aliphatic heterocycles. The largest absolute Gasteiger partial charge is 0.334 e. The zero-order valence-electron chi connectivity index (χ0n) is 12.2. The van der Waals surface area contributed by atoms with Gasteiger partial charge in [0.1, 0.15) is 0 Å². The van der Waals surface area contributed by atoms with Crippen molar-refractivity contribution in [2.45, 2.75) is 50.4 Å². The van der Waals surface area contributed by atoms with Gasteiger partial charge in [0.05, 0.1) is 12.1 Å². The summed E-state index contributed by atoms with van der Waals surface area (Å²) < 4.78 is 5.36. The number of hydrogen-bond acceptors (Lipinski definition) is 6. The fourth-order valence-corrected chi connectivity index (χ4v) is 4.19. The van der Waals surface area contributed by atoms with Crippen LogP contribution in [0.2, 0.25) is 0 Å². The maximum atomic E-state index is 5.36. The minimum Gasteiger partial charge on any atom is -0.334 e. The summed E-state index contributed by atoms with van der Waals surface area (Å²) in [6, 6.07) is 4.06. The van der Waals surface area contributed by atoms with Gasteiger partial charge in [0, 0.05) is 23.5 Å². The molecule has 4 heterocycles. The third-order valence-electron chi connectivity index (χ3n) is 4.70. The fraction of sp³-hybridized carbons (Fsp3) is 0.600. The van der Waals surface area contributed by atoms with Crippen molar-refractivity contribution in [3.05, 3.63) is 22.7 Å². The molecule has 112 valence electrons. The Morgan fingerprint density at radius 2 is 2.19 bits per heavy atom. The molecule has 2 bridgehead atoms. The molecule has 2 atom stereocenters. The van der Waals surface area contributed by atoms with Gasteiger partial charge in [0.15, 0.2) is 5.82 Å². The molecule has 6 heteroatoms. The smallest absolute Gasteiger partial charge is 0.258 e. The molecular weight excluding hydrogens is 284 g/mol. The molecule has 2 saturated heterocycles. The van der Waals surface area contributed by atoms with Crippen LogP contribution >= 0.6 is 11.3 Å². The summed E-state index contributed by atoms with van der Waals surface area (Å²) in [4.78, 5) is 6.90. The molecule has 1 N–H and O–H groups in total. The van der Waals surface area contributed by atoms with E-state index in [-0.39, 0.29) is 0 Å². The van der Waals surface area contributed by atoms with Gasteiger partial charge in [-0.25, -0.2) is 0 Å². The van der Waals surface area contributed by atoms with Gasteiger partial charge in [0.25, 0.3) is 5.89 Å². The van der Waals surface area contributed by atoms with Gasteiger partial charge in [-0.2, -0.15) is 16.3 Å². The lowest BCUT2D eigenvalue weighted by molar-refractivity contribution is 0.161. The lowest BCUT2D eigenvalue weighted by Crippen LogP contribution is -2.46. The van der Waals surface area contributed by atoms with Crippen LogP contribution in [0.1, 0.15) is 31.5 Å². The van der Waals surface area contributed by atoms with E-state index in [4.69, 9.17) is 4.52 Å². The van der Waals surface area contributed by atoms with Gasteiger partial charge in [-0.15, -0.1) is 0 Å². The molecule has 5 nitrogen and oxygen atoms in total. The van der Waals surface area contributed by atoms with Crippen LogP contribution in [0.4, 0.5) is 0 Å². The summed E-state index contributed by atoms with van der Waals surface area (Å²) in [5.74, 6) is 1.41. The maximum absolute atomic E-state index is 5.36. The van der Waals surface area contributed by atoms with Gasteiger partial charge < -0.3 is 9.84 Å². The molecule has 2 aromatic heterocycles. The monoisotopic (exact) mass is 304 g/mol. The van der Waals surface area contributed by atoms with E-state index in [1.165, 1.54) is 25.7 Å². The van der Waals surface area contributed by atoms with Gasteiger partial charge in [0.2, 0.25) is 0 Å². The summed E-state index contributed by atoms with van der Waals surface area (Å²) in [5, 5.41) is 11.9. The van der Waals surface area contributed by atoms with Crippen molar-refractivity contribution in [1.82, 2.24) is 20.4 Å². The molecule has 0 aromatic carbocycles. The first-order valence-corrected chi connectivity index (χ1v) is 8.53. The molecule has 0 saturated carbocycles. The Morgan fingerprint density at radius 3 is 2.90 bits per heavy atom. The first-order valence-electron chi connectivity index (χ1n) is 7.59. The van der Waals surface area contributed by atoms with Crippen molar-refractivity contribution in [3.8, 4) is 11.5 Å². The standard InChI is InChI=1S/C15H20N4OS/c1-19(13-6-11-2-3-12(7-13)16-11)8-14-17-15(20-18-14)10-4-5-21-9-10/h4-5,9,11-13,16H,2-3,6-8H2,1H3. The van der Waals surface area contributed by atoms with Crippen LogP contribution in [0.5, 0.6) is 0 Å². The molecule has 4 rings (SSSR count). The number of piperidine rings is 1. The van der Waals surface area contributed by atoms with Crippen molar-refractivity contribution >= 4 is 11.3 Å². The van der Waals surface area contributed by atoms with Gasteiger partial charge in [-0.3, -0.25) is 4.90 Å². The molecule has 21 heavy (non-hydrogen) atoms. The third kappa shape index (κ3) is 2.75. The van der Waals surface area contributed by atoms with Crippen LogP contribution in [-0.4, -0.2) is 40.2 Å². The second-order valence-electron chi connectivity index (χ2n) is 6.21. The lowest BCUT2D eigenvalue weighted by Gasteiger charge is -2.34. The van der Waals surface area contributed by atoms with Crippen molar-refractivity contribution in [2.24, 2.45) is 0 Å². The minimum absolute atomic E-state index is 0.630. The van der Waals surface area contributed by atoms with Crippen LogP contribution < -0.4 is 5.32 Å². The number of nitrogens with one attached hydrogen (secondary N) is 1. The Hall–Kier alpha value is -1.24. The first kappa shape index (κ1) is 13.4. The lowest BCUT2D eigenvalue weighted by atomic mass is 9.98. The van der Waals surface area contributed by atoms with Crippen LogP contribution in [-0.2, 0) is 6.54 Å². The molecule has 0 spiro atoms. The fourth-order valence-electron chi connectivity index (χ4n) is 3.56. The minimum atomic E-state index is 0.630. The quantitative estimate of drug-likeness (QED) is 0.940. The predicted octanol–water partition coefficient (Wildman–Crippen LogP) is 2.51. The molecule has 0 amide bonds. The molecule has 0 aliphatic carbocycles. The summed E-state index contributed by atoms with van der Waals surface area (Å²) in [6.45, 7) is 0.762. The molecular formula is C15H20N4OS. The zero-order chi connectivity index (χ0) is 14.2. The Bertz CT molecular complexity index is 585. The van der Waals surface area contributed by atoms with Crippen LogP contribution in [0.15, 0.2) is 21.3 Å². The third-order valence-corrected chi connectivity index (χ3v) is 5.38. The molecule has 2 aromatic rings. The number of fused-ring (bicyclic) bond motifs is 2. The van der Waals surface area contributed by atoms with E-state index in [0.717, 1.165) is 17.9 Å². The number of thiophene rings is 1. The highest BCUT2D eigenvalue weighted by atomic mass is 32.1. The summed E-state index contributed by atoms with van der Waals surface area (Å²) in [7, 11) is 2.18. The average molecular weight is 304 g/mol. The molecule has 0 radical (unpaired) electrons. The predicted molar refractivity (Wildman–Crippen MR) is 82.0 cm³/mol. The maximum Gasteiger partial charge on any atom is 0.258 e. The summed E-state index contributed by atoms with van der Waals surface area (Å²) >= 11 is 1.64.